The molecule has 0 radical (unpaired) electrons. The summed E-state index contributed by atoms with van der Waals surface area (Å²) in [7, 11) is 5.56. The maximum absolute atomic E-state index is 5.40. The van der Waals surface area contributed by atoms with Crippen LogP contribution in [-0.2, 0) is 0 Å². The van der Waals surface area contributed by atoms with Gasteiger partial charge in [0.1, 0.15) is 0 Å². The molecule has 118 valence electrons. The summed E-state index contributed by atoms with van der Waals surface area (Å²) in [6, 6.07) is 4.52. The Kier molecular flexibility index (Phi) is 5.34. The van der Waals surface area contributed by atoms with Crippen LogP contribution in [0.2, 0.25) is 0 Å². The number of rotatable bonds is 5. The number of ether oxygens (including phenoxy) is 2. The highest BCUT2D eigenvalue weighted by molar-refractivity contribution is 5.60. The SMILES string of the molecule is COc1cc(C)c(NC(C)C2CCCN(C)C2)cc1OC. The molecule has 2 atom stereocenters. The van der Waals surface area contributed by atoms with Crippen LogP contribution in [0, 0.1) is 12.8 Å². The van der Waals surface area contributed by atoms with Gasteiger partial charge < -0.3 is 19.7 Å². The first-order valence-electron chi connectivity index (χ1n) is 7.72. The fraction of sp³-hybridized carbons (Fsp3) is 0.647. The second-order valence-electron chi connectivity index (χ2n) is 6.12. The molecule has 1 aromatic carbocycles. The highest BCUT2D eigenvalue weighted by atomic mass is 16.5. The highest BCUT2D eigenvalue weighted by Gasteiger charge is 2.23. The van der Waals surface area contributed by atoms with Crippen LogP contribution in [0.25, 0.3) is 0 Å². The minimum absolute atomic E-state index is 0.449. The summed E-state index contributed by atoms with van der Waals surface area (Å²) < 4.78 is 10.8. The second kappa shape index (κ2) is 7.03. The van der Waals surface area contributed by atoms with E-state index in [1.54, 1.807) is 14.2 Å². The summed E-state index contributed by atoms with van der Waals surface area (Å²) in [5.41, 5.74) is 2.32. The Labute approximate surface area is 128 Å². The van der Waals surface area contributed by atoms with Crippen molar-refractivity contribution in [2.24, 2.45) is 5.92 Å². The zero-order chi connectivity index (χ0) is 15.4. The van der Waals surface area contributed by atoms with Gasteiger partial charge in [-0.15, -0.1) is 0 Å². The number of hydrogen-bond donors (Lipinski definition) is 1. The van der Waals surface area contributed by atoms with Crippen molar-refractivity contribution in [3.63, 3.8) is 0 Å². The third-order valence-corrected chi connectivity index (χ3v) is 4.48. The summed E-state index contributed by atoms with van der Waals surface area (Å²) in [5.74, 6) is 2.25. The lowest BCUT2D eigenvalue weighted by atomic mass is 9.91. The van der Waals surface area contributed by atoms with Crippen LogP contribution in [0.3, 0.4) is 0 Å². The van der Waals surface area contributed by atoms with Crippen LogP contribution in [0.5, 0.6) is 11.5 Å². The number of hydrogen-bond acceptors (Lipinski definition) is 4. The van der Waals surface area contributed by atoms with E-state index in [0.29, 0.717) is 12.0 Å². The van der Waals surface area contributed by atoms with Crippen molar-refractivity contribution >= 4 is 5.69 Å². The predicted molar refractivity (Wildman–Crippen MR) is 87.6 cm³/mol. The van der Waals surface area contributed by atoms with Gasteiger partial charge in [-0.25, -0.2) is 0 Å². The quantitative estimate of drug-likeness (QED) is 0.904. The molecule has 1 aromatic rings. The van der Waals surface area contributed by atoms with E-state index >= 15 is 0 Å². The van der Waals surface area contributed by atoms with Crippen molar-refractivity contribution in [2.45, 2.75) is 32.7 Å². The van der Waals surface area contributed by atoms with Crippen molar-refractivity contribution < 1.29 is 9.47 Å². The van der Waals surface area contributed by atoms with Crippen molar-refractivity contribution in [3.8, 4) is 11.5 Å². The molecule has 0 saturated carbocycles. The van der Waals surface area contributed by atoms with Gasteiger partial charge in [0, 0.05) is 24.3 Å². The van der Waals surface area contributed by atoms with Gasteiger partial charge in [0.15, 0.2) is 11.5 Å². The van der Waals surface area contributed by atoms with Crippen LogP contribution in [0.4, 0.5) is 5.69 Å². The molecule has 0 aliphatic carbocycles. The van der Waals surface area contributed by atoms with E-state index in [9.17, 15) is 0 Å². The van der Waals surface area contributed by atoms with E-state index in [-0.39, 0.29) is 0 Å². The number of aryl methyl sites for hydroxylation is 1. The normalized spacial score (nSPS) is 20.9. The van der Waals surface area contributed by atoms with E-state index < -0.39 is 0 Å². The minimum Gasteiger partial charge on any atom is -0.493 e. The molecule has 1 aliphatic rings. The van der Waals surface area contributed by atoms with E-state index in [2.05, 4.69) is 31.1 Å². The van der Waals surface area contributed by atoms with Crippen molar-refractivity contribution in [3.05, 3.63) is 17.7 Å². The number of methoxy groups -OCH3 is 2. The minimum atomic E-state index is 0.449. The molecule has 0 aromatic heterocycles. The Bertz CT molecular complexity index is 476. The molecule has 1 aliphatic heterocycles. The molecule has 0 amide bonds. The topological polar surface area (TPSA) is 33.7 Å². The largest absolute Gasteiger partial charge is 0.493 e. The van der Waals surface area contributed by atoms with Gasteiger partial charge in [-0.3, -0.25) is 0 Å². The Morgan fingerprint density at radius 3 is 2.52 bits per heavy atom. The van der Waals surface area contributed by atoms with Crippen molar-refractivity contribution in [1.82, 2.24) is 4.90 Å². The number of benzene rings is 1. The highest BCUT2D eigenvalue weighted by Crippen LogP contribution is 2.34. The van der Waals surface area contributed by atoms with Gasteiger partial charge in [0.2, 0.25) is 0 Å². The van der Waals surface area contributed by atoms with E-state index in [4.69, 9.17) is 9.47 Å². The van der Waals surface area contributed by atoms with Gasteiger partial charge in [-0.1, -0.05) is 0 Å². The molecule has 0 bridgehead atoms. The fourth-order valence-corrected chi connectivity index (χ4v) is 3.11. The lowest BCUT2D eigenvalue weighted by Gasteiger charge is -2.34. The molecule has 1 N–H and O–H groups in total. The Hall–Kier alpha value is -1.42. The van der Waals surface area contributed by atoms with Crippen LogP contribution in [0.1, 0.15) is 25.3 Å². The smallest absolute Gasteiger partial charge is 0.162 e. The van der Waals surface area contributed by atoms with Crippen LogP contribution >= 0.6 is 0 Å². The maximum Gasteiger partial charge on any atom is 0.162 e. The molecule has 1 saturated heterocycles. The van der Waals surface area contributed by atoms with Crippen molar-refractivity contribution in [1.29, 1.82) is 0 Å². The fourth-order valence-electron chi connectivity index (χ4n) is 3.11. The summed E-state index contributed by atoms with van der Waals surface area (Å²) in [5, 5.41) is 3.66. The number of anilines is 1. The first-order chi connectivity index (χ1) is 10.0. The third kappa shape index (κ3) is 3.82. The van der Waals surface area contributed by atoms with E-state index in [1.807, 2.05) is 12.1 Å². The maximum atomic E-state index is 5.40. The van der Waals surface area contributed by atoms with Crippen molar-refractivity contribution in [2.75, 3.05) is 39.7 Å². The monoisotopic (exact) mass is 292 g/mol. The molecule has 0 spiro atoms. The van der Waals surface area contributed by atoms with E-state index in [0.717, 1.165) is 17.2 Å². The zero-order valence-electron chi connectivity index (χ0n) is 13.9. The van der Waals surface area contributed by atoms with Crippen LogP contribution < -0.4 is 14.8 Å². The Morgan fingerprint density at radius 2 is 1.90 bits per heavy atom. The summed E-state index contributed by atoms with van der Waals surface area (Å²) in [6.07, 6.45) is 2.59. The zero-order valence-corrected chi connectivity index (χ0v) is 13.9. The van der Waals surface area contributed by atoms with Gasteiger partial charge in [0.25, 0.3) is 0 Å². The molecular weight excluding hydrogens is 264 g/mol. The first-order valence-corrected chi connectivity index (χ1v) is 7.72. The lowest BCUT2D eigenvalue weighted by Crippen LogP contribution is -2.39. The first kappa shape index (κ1) is 16.0. The average Bonchev–Trinajstić information content (AvgIpc) is 2.48. The molecule has 4 nitrogen and oxygen atoms in total. The van der Waals surface area contributed by atoms with Gasteiger partial charge >= 0.3 is 0 Å². The Balaban J connectivity index is 2.11. The predicted octanol–water partition coefficient (Wildman–Crippen LogP) is 3.15. The van der Waals surface area contributed by atoms with E-state index in [1.165, 1.54) is 31.5 Å². The summed E-state index contributed by atoms with van der Waals surface area (Å²) >= 11 is 0. The standard InChI is InChI=1S/C17H28N2O2/c1-12-9-16(20-4)17(21-5)10-15(12)18-13(2)14-7-6-8-19(3)11-14/h9-10,13-14,18H,6-8,11H2,1-5H3. The number of likely N-dealkylation sites (tertiary alicyclic amines) is 1. The third-order valence-electron chi connectivity index (χ3n) is 4.48. The molecule has 1 heterocycles. The molecule has 2 rings (SSSR count). The number of piperidine rings is 1. The van der Waals surface area contributed by atoms with Crippen LogP contribution in [0.15, 0.2) is 12.1 Å². The van der Waals surface area contributed by atoms with Gasteiger partial charge in [0.05, 0.1) is 14.2 Å². The van der Waals surface area contributed by atoms with Gasteiger partial charge in [-0.2, -0.15) is 0 Å². The Morgan fingerprint density at radius 1 is 1.24 bits per heavy atom. The lowest BCUT2D eigenvalue weighted by molar-refractivity contribution is 0.197. The molecule has 2 unspecified atom stereocenters. The summed E-state index contributed by atoms with van der Waals surface area (Å²) in [6.45, 7) is 6.77. The summed E-state index contributed by atoms with van der Waals surface area (Å²) in [4.78, 5) is 2.42. The van der Waals surface area contributed by atoms with Crippen LogP contribution in [-0.4, -0.2) is 45.3 Å². The molecular formula is C17H28N2O2. The number of nitrogens with zero attached hydrogens (tertiary/aromatic N) is 1. The molecule has 1 fully saturated rings. The average molecular weight is 292 g/mol. The number of nitrogens with one attached hydrogen (secondary N) is 1. The molecule has 4 heteroatoms. The van der Waals surface area contributed by atoms with Gasteiger partial charge in [-0.05, 0) is 57.8 Å². The molecule has 21 heavy (non-hydrogen) atoms. The second-order valence-corrected chi connectivity index (χ2v) is 6.12.